The number of hydrogen-bond acceptors (Lipinski definition) is 2. The molecule has 0 spiro atoms. The van der Waals surface area contributed by atoms with Crippen molar-refractivity contribution in [2.75, 3.05) is 34.8 Å². The van der Waals surface area contributed by atoms with Crippen LogP contribution in [0.15, 0.2) is 155 Å². The van der Waals surface area contributed by atoms with Gasteiger partial charge in [-0.05, 0) is 121 Å². The van der Waals surface area contributed by atoms with E-state index in [0.29, 0.717) is 0 Å². The molecule has 0 aliphatic heterocycles. The summed E-state index contributed by atoms with van der Waals surface area (Å²) in [6, 6.07) is 54.2. The second-order valence-corrected chi connectivity index (χ2v) is 31.4. The van der Waals surface area contributed by atoms with Crippen LogP contribution in [-0.2, 0) is 34.6 Å². The van der Waals surface area contributed by atoms with Crippen LogP contribution in [0, 0.1) is 0 Å². The van der Waals surface area contributed by atoms with Gasteiger partial charge in [0.05, 0.1) is 11.4 Å². The quantitative estimate of drug-likeness (QED) is 0.0412. The van der Waals surface area contributed by atoms with Gasteiger partial charge in [0.2, 0.25) is 0 Å². The van der Waals surface area contributed by atoms with Crippen molar-refractivity contribution in [1.82, 2.24) is 0 Å². The standard InChI is InChI=1S/C50H56N2S2.12FH.2Sb/c1-7-9-13-39-21-29-43(30-22-39)51(47-15-11-17-49(37-47)53(3)4)45-33-25-41(26-34-45)19-20-42-27-35-46(36-28-42)52(48-16-12-18-50(38-48)54(5)6)44-31-23-40(24-32-44)14-10-8-2;;;;;;;;;;;;;;/h11-12,15-38H,7-10,13-14H2,1-6H3;12*1H;;/q+2;;;;;;;;;;;;;2*+5/p-12. The summed E-state index contributed by atoms with van der Waals surface area (Å²) in [5, 5.41) is 0. The summed E-state index contributed by atoms with van der Waals surface area (Å²) < 4.78 is 119. The Morgan fingerprint density at radius 1 is 0.382 bits per heavy atom. The number of unbranched alkanes of at least 4 members (excludes halogenated alkanes) is 2. The van der Waals surface area contributed by atoms with Gasteiger partial charge in [0, 0.05) is 56.7 Å². The molecule has 372 valence electrons. The summed E-state index contributed by atoms with van der Waals surface area (Å²) in [5.41, 5.74) is 12.2. The van der Waals surface area contributed by atoms with E-state index in [1.54, 1.807) is 0 Å². The van der Waals surface area contributed by atoms with Gasteiger partial charge < -0.3 is 9.80 Å². The van der Waals surface area contributed by atoms with Crippen molar-refractivity contribution in [3.8, 4) is 0 Å². The Morgan fingerprint density at radius 3 is 0.897 bits per heavy atom. The van der Waals surface area contributed by atoms with Gasteiger partial charge in [-0.2, -0.15) is 0 Å². The molecule has 0 saturated carbocycles. The third-order valence-corrected chi connectivity index (χ3v) is 12.3. The van der Waals surface area contributed by atoms with Crippen LogP contribution >= 0.6 is 0 Å². The molecule has 0 aliphatic carbocycles. The fourth-order valence-corrected chi connectivity index (χ4v) is 8.11. The fraction of sp³-hybridized carbons (Fsp3) is 0.240. The van der Waals surface area contributed by atoms with Crippen LogP contribution in [0.4, 0.5) is 67.9 Å². The van der Waals surface area contributed by atoms with E-state index in [1.165, 1.54) is 80.5 Å². The molecular weight excluding hydrogens is 1160 g/mol. The second-order valence-electron chi connectivity index (χ2n) is 16.3. The molecule has 68 heavy (non-hydrogen) atoms. The van der Waals surface area contributed by atoms with Gasteiger partial charge in [-0.1, -0.05) is 99.5 Å². The summed E-state index contributed by atoms with van der Waals surface area (Å²) in [6.45, 7) is 4.51. The van der Waals surface area contributed by atoms with Crippen molar-refractivity contribution in [2.24, 2.45) is 0 Å². The molecule has 6 rings (SSSR count). The first-order chi connectivity index (χ1) is 31.2. The van der Waals surface area contributed by atoms with Crippen molar-refractivity contribution in [3.05, 3.63) is 168 Å². The van der Waals surface area contributed by atoms with Gasteiger partial charge in [0.1, 0.15) is 25.0 Å². The van der Waals surface area contributed by atoms with Crippen molar-refractivity contribution >= 4 is 107 Å². The molecule has 0 N–H and O–H groups in total. The van der Waals surface area contributed by atoms with Gasteiger partial charge in [0.25, 0.3) is 0 Å². The summed E-state index contributed by atoms with van der Waals surface area (Å²) in [5.74, 6) is 0. The predicted molar refractivity (Wildman–Crippen MR) is 268 cm³/mol. The van der Waals surface area contributed by atoms with Gasteiger partial charge in [-0.15, -0.1) is 0 Å². The summed E-state index contributed by atoms with van der Waals surface area (Å²) in [6.07, 6.45) is 20.7. The van der Waals surface area contributed by atoms with Crippen LogP contribution in [0.2, 0.25) is 0 Å². The zero-order chi connectivity index (χ0) is 50.7. The first-order valence-corrected chi connectivity index (χ1v) is 37.0. The average Bonchev–Trinajstić information content (AvgIpc) is 3.24. The molecule has 18 heteroatoms. The molecule has 0 aromatic heterocycles. The van der Waals surface area contributed by atoms with Crippen LogP contribution in [0.1, 0.15) is 61.8 Å². The number of halogens is 12. The molecule has 0 unspecified atom stereocenters. The van der Waals surface area contributed by atoms with E-state index in [-0.39, 0.29) is 21.8 Å². The molecule has 0 saturated heterocycles. The Bertz CT molecular complexity index is 2370. The zero-order valence-corrected chi connectivity index (χ0v) is 45.1. The number of aryl methyl sites for hydroxylation is 2. The zero-order valence-electron chi connectivity index (χ0n) is 38.4. The molecule has 0 amide bonds. The maximum absolute atomic E-state index is 11.2. The molecule has 6 aromatic carbocycles. The van der Waals surface area contributed by atoms with E-state index >= 15 is 0 Å². The first-order valence-electron chi connectivity index (χ1n) is 21.4. The molecule has 0 atom stereocenters. The molecule has 2 nitrogen and oxygen atoms in total. The number of nitrogens with zero attached hydrogens (tertiary/aromatic N) is 2. The van der Waals surface area contributed by atoms with Gasteiger partial charge in [0.15, 0.2) is 9.79 Å². The summed E-state index contributed by atoms with van der Waals surface area (Å²) in [4.78, 5) is 7.51. The van der Waals surface area contributed by atoms with Crippen LogP contribution in [0.5, 0.6) is 0 Å². The van der Waals surface area contributed by atoms with E-state index in [2.05, 4.69) is 206 Å². The number of anilines is 6. The Hall–Kier alpha value is -3.84. The number of hydrogen-bond donors (Lipinski definition) is 0. The second kappa shape index (κ2) is 21.7. The van der Waals surface area contributed by atoms with Crippen molar-refractivity contribution in [3.63, 3.8) is 0 Å². The summed E-state index contributed by atoms with van der Waals surface area (Å²) in [7, 11) is 0.364. The van der Waals surface area contributed by atoms with Crippen molar-refractivity contribution < 1.29 is 33.8 Å². The van der Waals surface area contributed by atoms with Crippen molar-refractivity contribution in [1.29, 1.82) is 0 Å². The molecule has 0 fully saturated rings. The molecule has 6 aromatic rings. The van der Waals surface area contributed by atoms with Gasteiger partial charge in [-0.3, -0.25) is 0 Å². The van der Waals surface area contributed by atoms with Crippen LogP contribution in [-0.4, -0.2) is 64.0 Å². The van der Waals surface area contributed by atoms with Gasteiger partial charge >= 0.3 is 72.7 Å². The van der Waals surface area contributed by atoms with E-state index in [1.807, 2.05) is 0 Å². The van der Waals surface area contributed by atoms with Crippen LogP contribution in [0.25, 0.3) is 12.2 Å². The SMILES string of the molecule is CCCCc1ccc(N(c2ccc(C=Cc3ccc(N(c4ccc(CCCC)cc4)c4cccc([S+](C)C)c4)cc3)cc2)c2cccc([S+](C)C)c2)cc1.[F][Sb-]([F])([F])([F])([F])[F].[F][Sb-]([F])([F])([F])([F])[F]. The third kappa shape index (κ3) is 22.7. The van der Waals surface area contributed by atoms with Crippen LogP contribution in [0.3, 0.4) is 0 Å². The summed E-state index contributed by atoms with van der Waals surface area (Å²) >= 11 is -22.5. The Balaban J connectivity index is 0.000000626. The number of rotatable bonds is 16. The minimum atomic E-state index is -11.2. The van der Waals surface area contributed by atoms with E-state index in [4.69, 9.17) is 0 Å². The molecule has 0 bridgehead atoms. The Labute approximate surface area is 402 Å². The third-order valence-electron chi connectivity index (χ3n) is 9.89. The molecule has 0 aliphatic rings. The minimum absolute atomic E-state index is 0.182. The average molecular weight is 1220 g/mol. The van der Waals surface area contributed by atoms with E-state index < -0.39 is 39.0 Å². The van der Waals surface area contributed by atoms with E-state index in [0.717, 1.165) is 24.2 Å². The van der Waals surface area contributed by atoms with E-state index in [9.17, 15) is 33.8 Å². The Kier molecular flexibility index (Phi) is 18.1. The molecule has 0 radical (unpaired) electrons. The number of benzene rings is 6. The first kappa shape index (κ1) is 56.7. The molecule has 0 heterocycles. The monoisotopic (exact) mass is 1220 g/mol. The molecular formula is C50H56F12N2S2Sb2. The predicted octanol–water partition coefficient (Wildman–Crippen LogP) is 18.2. The normalized spacial score (nSPS) is 13.9. The van der Waals surface area contributed by atoms with Gasteiger partial charge in [-0.25, -0.2) is 0 Å². The maximum atomic E-state index is 9.93. The van der Waals surface area contributed by atoms with Crippen LogP contribution < -0.4 is 9.80 Å². The topological polar surface area (TPSA) is 6.48 Å². The Morgan fingerprint density at radius 2 is 0.647 bits per heavy atom. The van der Waals surface area contributed by atoms with Crippen molar-refractivity contribution in [2.45, 2.75) is 62.2 Å². The fourth-order valence-electron chi connectivity index (χ4n) is 6.69.